The molecule has 3 heterocycles. The fourth-order valence-corrected chi connectivity index (χ4v) is 6.47. The Morgan fingerprint density at radius 1 is 1.18 bits per heavy atom. The number of hydrogen-bond acceptors (Lipinski definition) is 9. The van der Waals surface area contributed by atoms with E-state index in [2.05, 4.69) is 20.0 Å². The molecule has 1 N–H and O–H groups in total. The zero-order chi connectivity index (χ0) is 28.3. The van der Waals surface area contributed by atoms with E-state index in [0.717, 1.165) is 0 Å². The van der Waals surface area contributed by atoms with Crippen LogP contribution in [0.15, 0.2) is 17.0 Å². The van der Waals surface area contributed by atoms with Crippen LogP contribution in [0.25, 0.3) is 21.6 Å². The minimum Gasteiger partial charge on any atom is -0.366 e. The van der Waals surface area contributed by atoms with Crippen molar-refractivity contribution in [2.24, 2.45) is 7.05 Å². The van der Waals surface area contributed by atoms with Crippen LogP contribution in [0, 0.1) is 11.3 Å². The van der Waals surface area contributed by atoms with E-state index in [1.165, 1.54) is 23.9 Å². The Kier molecular flexibility index (Phi) is 6.50. The molecule has 1 saturated carbocycles. The Hall–Kier alpha value is -3.43. The van der Waals surface area contributed by atoms with Crippen LogP contribution in [0.1, 0.15) is 24.3 Å². The lowest BCUT2D eigenvalue weighted by Crippen LogP contribution is -2.52. The number of nitrogens with one attached hydrogen (secondary N) is 1. The highest BCUT2D eigenvalue weighted by Gasteiger charge is 2.47. The van der Waals surface area contributed by atoms with E-state index < -0.39 is 39.1 Å². The highest BCUT2D eigenvalue weighted by Crippen LogP contribution is 2.40. The third-order valence-corrected chi connectivity index (χ3v) is 8.93. The molecule has 1 aliphatic heterocycles. The summed E-state index contributed by atoms with van der Waals surface area (Å²) in [6.07, 6.45) is -7.25. The second-order valence-electron chi connectivity index (χ2n) is 9.13. The van der Waals surface area contributed by atoms with Crippen LogP contribution in [0.3, 0.4) is 0 Å². The van der Waals surface area contributed by atoms with Gasteiger partial charge in [-0.3, -0.25) is 9.48 Å². The summed E-state index contributed by atoms with van der Waals surface area (Å²) in [4.78, 5) is 13.7. The maximum absolute atomic E-state index is 13.3. The SMILES string of the molecule is Cn1nc(-c2nnc(C(F)F)s2)c2cc(S(=O)(=O)NC3(C#N)CC3)cc(N3CCN(C(=O)C(F)(F)F)CC3)c21. The van der Waals surface area contributed by atoms with Crippen molar-refractivity contribution < 1.29 is 35.2 Å². The van der Waals surface area contributed by atoms with Crippen LogP contribution in [0.4, 0.5) is 27.6 Å². The molecule has 18 heteroatoms. The monoisotopic (exact) mass is 590 g/mol. The molecular weight excluding hydrogens is 571 g/mol. The predicted molar refractivity (Wildman–Crippen MR) is 127 cm³/mol. The molecule has 2 aromatic heterocycles. The van der Waals surface area contributed by atoms with Crippen molar-refractivity contribution in [2.45, 2.75) is 35.9 Å². The largest absolute Gasteiger partial charge is 0.471 e. The molecule has 11 nitrogen and oxygen atoms in total. The number of aryl methyl sites for hydroxylation is 1. The van der Waals surface area contributed by atoms with Crippen LogP contribution in [0.5, 0.6) is 0 Å². The quantitative estimate of drug-likeness (QED) is 0.433. The molecule has 2 aliphatic rings. The molecule has 39 heavy (non-hydrogen) atoms. The maximum atomic E-state index is 13.3. The smallest absolute Gasteiger partial charge is 0.366 e. The van der Waals surface area contributed by atoms with Crippen molar-refractivity contribution in [2.75, 3.05) is 31.1 Å². The van der Waals surface area contributed by atoms with Gasteiger partial charge in [0.25, 0.3) is 6.43 Å². The third-order valence-electron chi connectivity index (χ3n) is 6.48. The van der Waals surface area contributed by atoms with Crippen LogP contribution in [0.2, 0.25) is 0 Å². The van der Waals surface area contributed by atoms with Crippen molar-refractivity contribution in [3.63, 3.8) is 0 Å². The molecule has 0 atom stereocenters. The van der Waals surface area contributed by atoms with Crippen LogP contribution < -0.4 is 9.62 Å². The zero-order valence-electron chi connectivity index (χ0n) is 20.0. The summed E-state index contributed by atoms with van der Waals surface area (Å²) >= 11 is 0.586. The Morgan fingerprint density at radius 3 is 2.38 bits per heavy atom. The van der Waals surface area contributed by atoms with Gasteiger partial charge in [-0.1, -0.05) is 11.3 Å². The van der Waals surface area contributed by atoms with Gasteiger partial charge in [0.1, 0.15) is 11.2 Å². The van der Waals surface area contributed by atoms with E-state index in [1.54, 1.807) is 4.90 Å². The van der Waals surface area contributed by atoms with Gasteiger partial charge >= 0.3 is 12.1 Å². The number of rotatable bonds is 6. The molecule has 3 aromatic rings. The normalized spacial score (nSPS) is 17.6. The van der Waals surface area contributed by atoms with Crippen molar-refractivity contribution in [1.82, 2.24) is 29.6 Å². The van der Waals surface area contributed by atoms with Gasteiger partial charge < -0.3 is 9.80 Å². The molecule has 0 radical (unpaired) electrons. The summed E-state index contributed by atoms with van der Waals surface area (Å²) in [6, 6.07) is 4.54. The minimum atomic E-state index is -5.02. The Labute approximate surface area is 221 Å². The average molecular weight is 591 g/mol. The summed E-state index contributed by atoms with van der Waals surface area (Å²) in [5, 5.41) is 20.7. The number of carbonyl (C=O) groups excluding carboxylic acids is 1. The Bertz CT molecular complexity index is 1600. The first kappa shape index (κ1) is 27.1. The molecule has 1 saturated heterocycles. The standard InChI is InChI=1S/C21H19F5N8O3S2/c1-32-15-12(14(30-32)17-28-29-18(38-17)16(22)23)8-11(39(36,37)31-20(10-27)2-3-20)9-13(15)33-4-6-34(7-5-33)19(35)21(24,25)26/h8-9,16,31H,2-7H2,1H3. The van der Waals surface area contributed by atoms with E-state index in [1.807, 2.05) is 6.07 Å². The van der Waals surface area contributed by atoms with E-state index in [4.69, 9.17) is 0 Å². The summed E-state index contributed by atoms with van der Waals surface area (Å²) in [7, 11) is -2.73. The minimum absolute atomic E-state index is 0.0145. The average Bonchev–Trinajstić information content (AvgIpc) is 3.31. The first-order chi connectivity index (χ1) is 18.2. The number of amides is 1. The van der Waals surface area contributed by atoms with Crippen molar-refractivity contribution in [1.29, 1.82) is 5.26 Å². The number of anilines is 1. The molecule has 1 aliphatic carbocycles. The van der Waals surface area contributed by atoms with Crippen molar-refractivity contribution in [3.05, 3.63) is 17.1 Å². The zero-order valence-corrected chi connectivity index (χ0v) is 21.7. The molecular formula is C21H19F5N8O3S2. The lowest BCUT2D eigenvalue weighted by molar-refractivity contribution is -0.185. The number of nitrogens with zero attached hydrogens (tertiary/aromatic N) is 7. The van der Waals surface area contributed by atoms with E-state index in [-0.39, 0.29) is 52.8 Å². The number of carbonyl (C=O) groups is 1. The number of piperazine rings is 1. The summed E-state index contributed by atoms with van der Waals surface area (Å²) in [5.74, 6) is -1.96. The number of hydrogen-bond donors (Lipinski definition) is 1. The Balaban J connectivity index is 1.60. The predicted octanol–water partition coefficient (Wildman–Crippen LogP) is 2.57. The summed E-state index contributed by atoms with van der Waals surface area (Å²) < 4.78 is 95.5. The first-order valence-corrected chi connectivity index (χ1v) is 13.7. The second kappa shape index (κ2) is 9.34. The van der Waals surface area contributed by atoms with Crippen LogP contribution in [-0.4, -0.2) is 77.1 Å². The van der Waals surface area contributed by atoms with Gasteiger partial charge in [0, 0.05) is 38.6 Å². The van der Waals surface area contributed by atoms with E-state index >= 15 is 0 Å². The van der Waals surface area contributed by atoms with Crippen molar-refractivity contribution in [3.8, 4) is 16.8 Å². The molecule has 2 fully saturated rings. The van der Waals surface area contributed by atoms with Crippen molar-refractivity contribution >= 4 is 43.9 Å². The molecule has 0 unspecified atom stereocenters. The van der Waals surface area contributed by atoms with Gasteiger partial charge in [-0.05, 0) is 25.0 Å². The number of alkyl halides is 5. The molecule has 1 amide bonds. The summed E-state index contributed by atoms with van der Waals surface area (Å²) in [5.41, 5.74) is -0.494. The van der Waals surface area contributed by atoms with E-state index in [0.29, 0.717) is 34.6 Å². The fraction of sp³-hybridized carbons (Fsp3) is 0.476. The van der Waals surface area contributed by atoms with Gasteiger partial charge in [-0.25, -0.2) is 17.2 Å². The van der Waals surface area contributed by atoms with Crippen LogP contribution >= 0.6 is 11.3 Å². The number of halogens is 5. The number of nitriles is 1. The first-order valence-electron chi connectivity index (χ1n) is 11.4. The molecule has 5 rings (SSSR count). The van der Waals surface area contributed by atoms with Crippen LogP contribution in [-0.2, 0) is 21.9 Å². The maximum Gasteiger partial charge on any atom is 0.471 e. The number of aromatic nitrogens is 4. The highest BCUT2D eigenvalue weighted by atomic mass is 32.2. The summed E-state index contributed by atoms with van der Waals surface area (Å²) in [6.45, 7) is -0.646. The number of benzene rings is 1. The van der Waals surface area contributed by atoms with Gasteiger partial charge in [-0.2, -0.15) is 28.3 Å². The number of sulfonamides is 1. The van der Waals surface area contributed by atoms with Gasteiger partial charge in [0.15, 0.2) is 10.0 Å². The van der Waals surface area contributed by atoms with Gasteiger partial charge in [0.2, 0.25) is 10.0 Å². The second-order valence-corrected chi connectivity index (χ2v) is 11.8. The Morgan fingerprint density at radius 2 is 1.85 bits per heavy atom. The van der Waals surface area contributed by atoms with Gasteiger partial charge in [0.05, 0.1) is 22.2 Å². The lowest BCUT2D eigenvalue weighted by Gasteiger charge is -2.36. The fourth-order valence-electron chi connectivity index (χ4n) is 4.35. The molecule has 1 aromatic carbocycles. The third kappa shape index (κ3) is 5.01. The van der Waals surface area contributed by atoms with Gasteiger partial charge in [-0.15, -0.1) is 10.2 Å². The molecule has 0 bridgehead atoms. The molecule has 0 spiro atoms. The lowest BCUT2D eigenvalue weighted by atomic mass is 10.1. The number of fused-ring (bicyclic) bond motifs is 1. The van der Waals surface area contributed by atoms with E-state index in [9.17, 15) is 40.4 Å². The topological polar surface area (TPSA) is 137 Å². The molecule has 208 valence electrons. The highest BCUT2D eigenvalue weighted by molar-refractivity contribution is 7.89.